The molecule has 0 aliphatic carbocycles. The number of hydrogen-bond acceptors (Lipinski definition) is 1. The highest BCUT2D eigenvalue weighted by Gasteiger charge is 2.02. The van der Waals surface area contributed by atoms with Crippen LogP contribution in [-0.4, -0.2) is 5.78 Å². The summed E-state index contributed by atoms with van der Waals surface area (Å²) in [5, 5.41) is 2.47. The van der Waals surface area contributed by atoms with Crippen LogP contribution in [0.1, 0.15) is 17.3 Å². The Morgan fingerprint density at radius 3 is 2.05 bits per heavy atom. The van der Waals surface area contributed by atoms with E-state index in [0.29, 0.717) is 0 Å². The number of carbonyl (C=O) groups excluding carboxylic acids is 1. The Balaban J connectivity index is 2.06. The van der Waals surface area contributed by atoms with Crippen LogP contribution in [0.2, 0.25) is 0 Å². The lowest BCUT2D eigenvalue weighted by Crippen LogP contribution is -1.90. The zero-order chi connectivity index (χ0) is 13.2. The van der Waals surface area contributed by atoms with Gasteiger partial charge in [-0.1, -0.05) is 60.7 Å². The number of ketones is 1. The van der Waals surface area contributed by atoms with Crippen LogP contribution in [0.5, 0.6) is 0 Å². The van der Waals surface area contributed by atoms with Gasteiger partial charge in [-0.05, 0) is 34.9 Å². The summed E-state index contributed by atoms with van der Waals surface area (Å²) in [7, 11) is 0. The molecule has 92 valence electrons. The molecule has 0 fully saturated rings. The van der Waals surface area contributed by atoms with Gasteiger partial charge in [-0.3, -0.25) is 4.79 Å². The molecule has 0 aliphatic heterocycles. The van der Waals surface area contributed by atoms with Crippen molar-refractivity contribution in [2.24, 2.45) is 0 Å². The lowest BCUT2D eigenvalue weighted by Gasteiger charge is -2.05. The van der Waals surface area contributed by atoms with Gasteiger partial charge in [-0.2, -0.15) is 0 Å². The SMILES string of the molecule is CC(=O)c1ccc(-c2ccc3ccccc3c2)cc1. The molecule has 0 bridgehead atoms. The minimum absolute atomic E-state index is 0.102. The molecule has 1 nitrogen and oxygen atoms in total. The number of carbonyl (C=O) groups is 1. The van der Waals surface area contributed by atoms with E-state index in [-0.39, 0.29) is 5.78 Å². The van der Waals surface area contributed by atoms with Crippen LogP contribution in [-0.2, 0) is 0 Å². The molecule has 0 heterocycles. The Kier molecular flexibility index (Phi) is 2.88. The van der Waals surface area contributed by atoms with Crippen molar-refractivity contribution in [2.45, 2.75) is 6.92 Å². The summed E-state index contributed by atoms with van der Waals surface area (Å²) in [6, 6.07) is 22.5. The first-order valence-corrected chi connectivity index (χ1v) is 6.34. The van der Waals surface area contributed by atoms with Crippen LogP contribution in [0.4, 0.5) is 0 Å². The second-order valence-electron chi connectivity index (χ2n) is 4.70. The molecule has 0 spiro atoms. The average Bonchev–Trinajstić information content (AvgIpc) is 2.47. The molecule has 0 radical (unpaired) electrons. The van der Waals surface area contributed by atoms with E-state index < -0.39 is 0 Å². The third-order valence-electron chi connectivity index (χ3n) is 3.37. The van der Waals surface area contributed by atoms with Crippen LogP contribution < -0.4 is 0 Å². The van der Waals surface area contributed by atoms with Crippen LogP contribution in [0.25, 0.3) is 21.9 Å². The van der Waals surface area contributed by atoms with E-state index in [1.54, 1.807) is 6.92 Å². The minimum atomic E-state index is 0.102. The second kappa shape index (κ2) is 4.69. The Labute approximate surface area is 112 Å². The minimum Gasteiger partial charge on any atom is -0.295 e. The summed E-state index contributed by atoms with van der Waals surface area (Å²) in [6.07, 6.45) is 0. The van der Waals surface area contributed by atoms with Gasteiger partial charge >= 0.3 is 0 Å². The van der Waals surface area contributed by atoms with E-state index in [1.165, 1.54) is 16.3 Å². The van der Waals surface area contributed by atoms with Gasteiger partial charge in [0.1, 0.15) is 0 Å². The van der Waals surface area contributed by atoms with E-state index in [9.17, 15) is 4.79 Å². The van der Waals surface area contributed by atoms with Crippen LogP contribution in [0.3, 0.4) is 0 Å². The predicted octanol–water partition coefficient (Wildman–Crippen LogP) is 4.71. The molecule has 0 aliphatic rings. The van der Waals surface area contributed by atoms with Crippen molar-refractivity contribution in [1.29, 1.82) is 0 Å². The van der Waals surface area contributed by atoms with Crippen molar-refractivity contribution in [3.8, 4) is 11.1 Å². The molecule has 19 heavy (non-hydrogen) atoms. The van der Waals surface area contributed by atoms with Crippen molar-refractivity contribution in [1.82, 2.24) is 0 Å². The highest BCUT2D eigenvalue weighted by Crippen LogP contribution is 2.24. The van der Waals surface area contributed by atoms with Gasteiger partial charge in [-0.25, -0.2) is 0 Å². The maximum absolute atomic E-state index is 11.3. The number of hydrogen-bond donors (Lipinski definition) is 0. The Bertz CT molecular complexity index is 739. The fourth-order valence-electron chi connectivity index (χ4n) is 2.27. The van der Waals surface area contributed by atoms with E-state index in [2.05, 4.69) is 30.3 Å². The summed E-state index contributed by atoms with van der Waals surface area (Å²) < 4.78 is 0. The second-order valence-corrected chi connectivity index (χ2v) is 4.70. The van der Waals surface area contributed by atoms with Gasteiger partial charge in [0.2, 0.25) is 0 Å². The first-order chi connectivity index (χ1) is 9.24. The predicted molar refractivity (Wildman–Crippen MR) is 79.4 cm³/mol. The van der Waals surface area contributed by atoms with Crippen molar-refractivity contribution in [2.75, 3.05) is 0 Å². The van der Waals surface area contributed by atoms with Crippen molar-refractivity contribution in [3.05, 3.63) is 72.3 Å². The Morgan fingerprint density at radius 2 is 1.37 bits per heavy atom. The van der Waals surface area contributed by atoms with Crippen LogP contribution in [0.15, 0.2) is 66.7 Å². The molecule has 0 saturated carbocycles. The maximum Gasteiger partial charge on any atom is 0.159 e. The zero-order valence-corrected chi connectivity index (χ0v) is 10.8. The standard InChI is InChI=1S/C18H14O/c1-13(19)14-6-8-16(9-7-14)18-11-10-15-4-2-3-5-17(15)12-18/h2-12H,1H3. The van der Waals surface area contributed by atoms with E-state index in [0.717, 1.165) is 11.1 Å². The Morgan fingerprint density at radius 1 is 0.737 bits per heavy atom. The molecule has 1 heteroatoms. The fourth-order valence-corrected chi connectivity index (χ4v) is 2.27. The largest absolute Gasteiger partial charge is 0.295 e. The van der Waals surface area contributed by atoms with Gasteiger partial charge in [0.25, 0.3) is 0 Å². The van der Waals surface area contributed by atoms with E-state index in [1.807, 2.05) is 36.4 Å². The zero-order valence-electron chi connectivity index (χ0n) is 10.8. The van der Waals surface area contributed by atoms with Gasteiger partial charge in [0.05, 0.1) is 0 Å². The number of benzene rings is 3. The fraction of sp³-hybridized carbons (Fsp3) is 0.0556. The number of fused-ring (bicyclic) bond motifs is 1. The number of rotatable bonds is 2. The summed E-state index contributed by atoms with van der Waals surface area (Å²) in [6.45, 7) is 1.59. The van der Waals surface area contributed by atoms with Crippen LogP contribution >= 0.6 is 0 Å². The van der Waals surface area contributed by atoms with E-state index >= 15 is 0 Å². The smallest absolute Gasteiger partial charge is 0.159 e. The van der Waals surface area contributed by atoms with Gasteiger partial charge in [-0.15, -0.1) is 0 Å². The monoisotopic (exact) mass is 246 g/mol. The first kappa shape index (κ1) is 11.7. The summed E-state index contributed by atoms with van der Waals surface area (Å²) >= 11 is 0. The Hall–Kier alpha value is -2.41. The lowest BCUT2D eigenvalue weighted by atomic mass is 10.00. The maximum atomic E-state index is 11.3. The molecule has 3 rings (SSSR count). The highest BCUT2D eigenvalue weighted by molar-refractivity contribution is 5.94. The highest BCUT2D eigenvalue weighted by atomic mass is 16.1. The molecule has 3 aromatic carbocycles. The van der Waals surface area contributed by atoms with Crippen molar-refractivity contribution < 1.29 is 4.79 Å². The normalized spacial score (nSPS) is 10.6. The topological polar surface area (TPSA) is 17.1 Å². The van der Waals surface area contributed by atoms with Crippen molar-refractivity contribution in [3.63, 3.8) is 0 Å². The molecule has 0 N–H and O–H groups in total. The quantitative estimate of drug-likeness (QED) is 0.598. The molecule has 0 saturated heterocycles. The van der Waals surface area contributed by atoms with Crippen molar-refractivity contribution >= 4 is 16.6 Å². The van der Waals surface area contributed by atoms with Gasteiger partial charge < -0.3 is 0 Å². The lowest BCUT2D eigenvalue weighted by molar-refractivity contribution is 0.101. The van der Waals surface area contributed by atoms with Crippen LogP contribution in [0, 0.1) is 0 Å². The molecule has 0 unspecified atom stereocenters. The molecule has 0 aromatic heterocycles. The summed E-state index contributed by atoms with van der Waals surface area (Å²) in [4.78, 5) is 11.3. The summed E-state index contributed by atoms with van der Waals surface area (Å²) in [5.41, 5.74) is 3.06. The molecule has 0 atom stereocenters. The molecule has 3 aromatic rings. The van der Waals surface area contributed by atoms with Gasteiger partial charge in [0, 0.05) is 5.56 Å². The van der Waals surface area contributed by atoms with Gasteiger partial charge in [0.15, 0.2) is 5.78 Å². The molecular weight excluding hydrogens is 232 g/mol. The third-order valence-corrected chi connectivity index (χ3v) is 3.37. The third kappa shape index (κ3) is 2.27. The first-order valence-electron chi connectivity index (χ1n) is 6.34. The molecular formula is C18H14O. The average molecular weight is 246 g/mol. The number of Topliss-reactive ketones (excluding diaryl/α,β-unsaturated/α-hetero) is 1. The summed E-state index contributed by atoms with van der Waals surface area (Å²) in [5.74, 6) is 0.102. The molecule has 0 amide bonds. The van der Waals surface area contributed by atoms with E-state index in [4.69, 9.17) is 0 Å².